The standard InChI is InChI=1S/C17H36N2O/c1-5-6-7-8-9-10-11-12-13-16(17(20)18-2)14-15-19(3)4/h16H,5-15H2,1-4H3,(H,18,20). The number of carbonyl (C=O) groups excluding carboxylic acids is 1. The number of carbonyl (C=O) groups is 1. The first-order valence-electron chi connectivity index (χ1n) is 8.48. The van der Waals surface area contributed by atoms with Gasteiger partial charge in [-0.15, -0.1) is 0 Å². The number of rotatable bonds is 13. The van der Waals surface area contributed by atoms with Crippen molar-refractivity contribution < 1.29 is 4.79 Å². The van der Waals surface area contributed by atoms with Gasteiger partial charge in [-0.25, -0.2) is 0 Å². The van der Waals surface area contributed by atoms with E-state index in [1.165, 1.54) is 51.4 Å². The number of nitrogens with zero attached hydrogens (tertiary/aromatic N) is 1. The molecule has 0 aliphatic heterocycles. The Morgan fingerprint density at radius 3 is 2.00 bits per heavy atom. The molecule has 0 spiro atoms. The predicted molar refractivity (Wildman–Crippen MR) is 88.0 cm³/mol. The van der Waals surface area contributed by atoms with E-state index in [1.807, 2.05) is 0 Å². The van der Waals surface area contributed by atoms with Crippen molar-refractivity contribution in [3.63, 3.8) is 0 Å². The van der Waals surface area contributed by atoms with Crippen molar-refractivity contribution in [2.24, 2.45) is 5.92 Å². The highest BCUT2D eigenvalue weighted by Gasteiger charge is 2.16. The largest absolute Gasteiger partial charge is 0.359 e. The number of nitrogens with one attached hydrogen (secondary N) is 1. The van der Waals surface area contributed by atoms with Gasteiger partial charge in [-0.2, -0.15) is 0 Å². The minimum Gasteiger partial charge on any atom is -0.359 e. The van der Waals surface area contributed by atoms with Gasteiger partial charge in [-0.05, 0) is 33.5 Å². The van der Waals surface area contributed by atoms with Crippen molar-refractivity contribution in [1.29, 1.82) is 0 Å². The van der Waals surface area contributed by atoms with Crippen LogP contribution in [0, 0.1) is 5.92 Å². The van der Waals surface area contributed by atoms with Crippen LogP contribution in [-0.2, 0) is 4.79 Å². The van der Waals surface area contributed by atoms with Crippen LogP contribution in [0.2, 0.25) is 0 Å². The van der Waals surface area contributed by atoms with Gasteiger partial charge in [0.2, 0.25) is 5.91 Å². The Morgan fingerprint density at radius 2 is 1.50 bits per heavy atom. The molecule has 0 saturated heterocycles. The first-order valence-corrected chi connectivity index (χ1v) is 8.48. The van der Waals surface area contributed by atoms with Crippen molar-refractivity contribution in [3.05, 3.63) is 0 Å². The van der Waals surface area contributed by atoms with E-state index in [1.54, 1.807) is 7.05 Å². The third-order valence-corrected chi connectivity index (χ3v) is 3.95. The van der Waals surface area contributed by atoms with Crippen LogP contribution in [-0.4, -0.2) is 38.5 Å². The fourth-order valence-corrected chi connectivity index (χ4v) is 2.55. The molecule has 0 bridgehead atoms. The molecule has 1 N–H and O–H groups in total. The smallest absolute Gasteiger partial charge is 0.222 e. The lowest BCUT2D eigenvalue weighted by molar-refractivity contribution is -0.125. The van der Waals surface area contributed by atoms with Crippen LogP contribution in [0.15, 0.2) is 0 Å². The molecule has 120 valence electrons. The summed E-state index contributed by atoms with van der Waals surface area (Å²) in [7, 11) is 5.88. The topological polar surface area (TPSA) is 32.3 Å². The van der Waals surface area contributed by atoms with Gasteiger partial charge in [-0.1, -0.05) is 58.3 Å². The van der Waals surface area contributed by atoms with Crippen LogP contribution < -0.4 is 5.32 Å². The van der Waals surface area contributed by atoms with E-state index in [0.29, 0.717) is 0 Å². The zero-order chi connectivity index (χ0) is 15.2. The van der Waals surface area contributed by atoms with Crippen LogP contribution >= 0.6 is 0 Å². The lowest BCUT2D eigenvalue weighted by Crippen LogP contribution is -2.30. The maximum atomic E-state index is 11.8. The lowest BCUT2D eigenvalue weighted by Gasteiger charge is -2.17. The Kier molecular flexibility index (Phi) is 13.0. The summed E-state index contributed by atoms with van der Waals surface area (Å²) in [5.74, 6) is 0.414. The molecular weight excluding hydrogens is 248 g/mol. The molecule has 0 heterocycles. The molecule has 0 aromatic rings. The minimum atomic E-state index is 0.197. The zero-order valence-corrected chi connectivity index (χ0v) is 14.2. The van der Waals surface area contributed by atoms with Gasteiger partial charge in [0.05, 0.1) is 0 Å². The second-order valence-electron chi connectivity index (χ2n) is 6.17. The van der Waals surface area contributed by atoms with Gasteiger partial charge in [-0.3, -0.25) is 4.79 Å². The summed E-state index contributed by atoms with van der Waals surface area (Å²) >= 11 is 0. The molecule has 1 amide bonds. The van der Waals surface area contributed by atoms with Crippen molar-refractivity contribution in [1.82, 2.24) is 10.2 Å². The monoisotopic (exact) mass is 284 g/mol. The average Bonchev–Trinajstić information content (AvgIpc) is 2.43. The van der Waals surface area contributed by atoms with Crippen LogP contribution in [0.5, 0.6) is 0 Å². The molecule has 0 radical (unpaired) electrons. The van der Waals surface area contributed by atoms with E-state index in [9.17, 15) is 4.79 Å². The van der Waals surface area contributed by atoms with E-state index in [4.69, 9.17) is 0 Å². The van der Waals surface area contributed by atoms with Gasteiger partial charge in [0.1, 0.15) is 0 Å². The fourth-order valence-electron chi connectivity index (χ4n) is 2.55. The van der Waals surface area contributed by atoms with Crippen LogP contribution in [0.25, 0.3) is 0 Å². The number of hydrogen-bond donors (Lipinski definition) is 1. The molecular formula is C17H36N2O. The SMILES string of the molecule is CCCCCCCCCCC(CCN(C)C)C(=O)NC. The Balaban J connectivity index is 3.66. The normalized spacial score (nSPS) is 12.7. The Morgan fingerprint density at radius 1 is 0.950 bits per heavy atom. The highest BCUT2D eigenvalue weighted by Crippen LogP contribution is 2.16. The molecule has 3 heteroatoms. The molecule has 0 aromatic heterocycles. The lowest BCUT2D eigenvalue weighted by atomic mass is 9.96. The molecule has 0 aromatic carbocycles. The Hall–Kier alpha value is -0.570. The molecule has 20 heavy (non-hydrogen) atoms. The molecule has 3 nitrogen and oxygen atoms in total. The molecule has 0 fully saturated rings. The highest BCUT2D eigenvalue weighted by molar-refractivity contribution is 5.78. The van der Waals surface area contributed by atoms with E-state index in [0.717, 1.165) is 19.4 Å². The number of amides is 1. The van der Waals surface area contributed by atoms with E-state index in [2.05, 4.69) is 31.2 Å². The first kappa shape index (κ1) is 19.4. The predicted octanol–water partition coefficient (Wildman–Crippen LogP) is 3.83. The van der Waals surface area contributed by atoms with E-state index < -0.39 is 0 Å². The zero-order valence-electron chi connectivity index (χ0n) is 14.2. The van der Waals surface area contributed by atoms with Gasteiger partial charge in [0, 0.05) is 13.0 Å². The third-order valence-electron chi connectivity index (χ3n) is 3.95. The molecule has 0 aliphatic carbocycles. The fraction of sp³-hybridized carbons (Fsp3) is 0.941. The van der Waals surface area contributed by atoms with E-state index >= 15 is 0 Å². The minimum absolute atomic E-state index is 0.197. The summed E-state index contributed by atoms with van der Waals surface area (Å²) in [5.41, 5.74) is 0. The van der Waals surface area contributed by atoms with Crippen LogP contribution in [0.4, 0.5) is 0 Å². The summed E-state index contributed by atoms with van der Waals surface area (Å²) in [6.07, 6.45) is 12.7. The Labute approximate surface area is 126 Å². The second-order valence-corrected chi connectivity index (χ2v) is 6.17. The molecule has 0 rings (SSSR count). The van der Waals surface area contributed by atoms with Gasteiger partial charge < -0.3 is 10.2 Å². The van der Waals surface area contributed by atoms with Crippen molar-refractivity contribution in [2.45, 2.75) is 71.1 Å². The van der Waals surface area contributed by atoms with Crippen LogP contribution in [0.1, 0.15) is 71.1 Å². The van der Waals surface area contributed by atoms with E-state index in [-0.39, 0.29) is 11.8 Å². The van der Waals surface area contributed by atoms with Crippen molar-refractivity contribution in [3.8, 4) is 0 Å². The first-order chi connectivity index (χ1) is 9.61. The summed E-state index contributed by atoms with van der Waals surface area (Å²) in [6.45, 7) is 3.25. The summed E-state index contributed by atoms with van der Waals surface area (Å²) in [4.78, 5) is 14.0. The summed E-state index contributed by atoms with van der Waals surface area (Å²) < 4.78 is 0. The number of hydrogen-bond acceptors (Lipinski definition) is 2. The van der Waals surface area contributed by atoms with Crippen LogP contribution in [0.3, 0.4) is 0 Å². The summed E-state index contributed by atoms with van der Waals surface area (Å²) in [6, 6.07) is 0. The maximum Gasteiger partial charge on any atom is 0.222 e. The number of unbranched alkanes of at least 4 members (excludes halogenated alkanes) is 7. The van der Waals surface area contributed by atoms with Gasteiger partial charge in [0.25, 0.3) is 0 Å². The molecule has 1 unspecified atom stereocenters. The molecule has 1 atom stereocenters. The molecule has 0 saturated carbocycles. The maximum absolute atomic E-state index is 11.8. The Bertz CT molecular complexity index is 229. The highest BCUT2D eigenvalue weighted by atomic mass is 16.1. The van der Waals surface area contributed by atoms with Gasteiger partial charge in [0.15, 0.2) is 0 Å². The van der Waals surface area contributed by atoms with Gasteiger partial charge >= 0.3 is 0 Å². The summed E-state index contributed by atoms with van der Waals surface area (Å²) in [5, 5.41) is 2.81. The second kappa shape index (κ2) is 13.4. The molecule has 0 aliphatic rings. The van der Waals surface area contributed by atoms with Crippen molar-refractivity contribution in [2.75, 3.05) is 27.7 Å². The average molecular weight is 284 g/mol. The quantitative estimate of drug-likeness (QED) is 0.521. The van der Waals surface area contributed by atoms with Crippen molar-refractivity contribution >= 4 is 5.91 Å². The third kappa shape index (κ3) is 11.3.